The van der Waals surface area contributed by atoms with E-state index in [1.807, 2.05) is 41.3 Å². The molecule has 0 radical (unpaired) electrons. The van der Waals surface area contributed by atoms with Gasteiger partial charge < -0.3 is 19.3 Å². The molecule has 162 valence electrons. The minimum Gasteiger partial charge on any atom is -0.493 e. The molecule has 2 aromatic carbocycles. The summed E-state index contributed by atoms with van der Waals surface area (Å²) in [6, 6.07) is 13.5. The summed E-state index contributed by atoms with van der Waals surface area (Å²) < 4.78 is 11.4. The molecule has 3 rings (SSSR count). The third-order valence-electron chi connectivity index (χ3n) is 5.80. The Kier molecular flexibility index (Phi) is 8.00. The molecule has 1 amide bonds. The highest BCUT2D eigenvalue weighted by Crippen LogP contribution is 2.30. The van der Waals surface area contributed by atoms with E-state index in [9.17, 15) is 4.79 Å². The maximum absolute atomic E-state index is 13.0. The summed E-state index contributed by atoms with van der Waals surface area (Å²) in [5.41, 5.74) is 1.64. The van der Waals surface area contributed by atoms with Crippen molar-refractivity contribution in [1.82, 2.24) is 9.80 Å². The smallest absolute Gasteiger partial charge is 0.253 e. The highest BCUT2D eigenvalue weighted by Gasteiger charge is 2.26. The van der Waals surface area contributed by atoms with E-state index in [-0.39, 0.29) is 5.91 Å². The average Bonchev–Trinajstić information content (AvgIpc) is 2.79. The quantitative estimate of drug-likeness (QED) is 0.599. The average molecular weight is 431 g/mol. The fraction of sp³-hybridized carbons (Fsp3) is 0.458. The van der Waals surface area contributed by atoms with Crippen LogP contribution < -0.4 is 9.47 Å². The zero-order valence-corrected chi connectivity index (χ0v) is 18.8. The Morgan fingerprint density at radius 3 is 2.33 bits per heavy atom. The Labute approximate surface area is 184 Å². The number of piperidine rings is 1. The lowest BCUT2D eigenvalue weighted by Gasteiger charge is -2.37. The fourth-order valence-electron chi connectivity index (χ4n) is 4.02. The number of carbonyl (C=O) groups is 1. The summed E-state index contributed by atoms with van der Waals surface area (Å²) in [4.78, 5) is 17.4. The van der Waals surface area contributed by atoms with Gasteiger partial charge in [-0.2, -0.15) is 0 Å². The Morgan fingerprint density at radius 1 is 1.07 bits per heavy atom. The Bertz CT molecular complexity index is 829. The van der Waals surface area contributed by atoms with Crippen molar-refractivity contribution in [2.75, 3.05) is 33.3 Å². The first-order valence-corrected chi connectivity index (χ1v) is 11.0. The standard InChI is InChI=1S/C24H31ClN2O3/c1-4-26(5-2)21-12-14-27(15-13-21)24(28)19-8-11-22(23(16-19)29-3)30-17-18-6-9-20(25)10-7-18/h6-11,16,21H,4-5,12-15,17H2,1-3H3. The van der Waals surface area contributed by atoms with E-state index in [1.54, 1.807) is 13.2 Å². The van der Waals surface area contributed by atoms with Crippen molar-refractivity contribution in [2.24, 2.45) is 0 Å². The molecule has 1 aliphatic heterocycles. The van der Waals surface area contributed by atoms with Gasteiger partial charge in [0.2, 0.25) is 0 Å². The number of methoxy groups -OCH3 is 1. The molecule has 0 bridgehead atoms. The minimum absolute atomic E-state index is 0.0514. The molecule has 6 heteroatoms. The van der Waals surface area contributed by atoms with Gasteiger partial charge in [0.1, 0.15) is 6.61 Å². The molecule has 1 heterocycles. The van der Waals surface area contributed by atoms with E-state index >= 15 is 0 Å². The maximum atomic E-state index is 13.0. The number of amides is 1. The highest BCUT2D eigenvalue weighted by molar-refractivity contribution is 6.30. The van der Waals surface area contributed by atoms with Crippen molar-refractivity contribution in [1.29, 1.82) is 0 Å². The van der Waals surface area contributed by atoms with Crippen LogP contribution in [0.1, 0.15) is 42.6 Å². The number of carbonyl (C=O) groups excluding carboxylic acids is 1. The van der Waals surface area contributed by atoms with Crippen molar-refractivity contribution in [3.8, 4) is 11.5 Å². The first-order chi connectivity index (χ1) is 14.5. The molecule has 0 saturated carbocycles. The van der Waals surface area contributed by atoms with E-state index in [0.29, 0.717) is 34.7 Å². The lowest BCUT2D eigenvalue weighted by atomic mass is 10.0. The number of likely N-dealkylation sites (tertiary alicyclic amines) is 1. The summed E-state index contributed by atoms with van der Waals surface area (Å²) in [6.45, 7) is 8.50. The molecule has 5 nitrogen and oxygen atoms in total. The predicted octanol–water partition coefficient (Wildman–Crippen LogP) is 4.87. The number of benzene rings is 2. The number of rotatable bonds is 8. The first kappa shape index (κ1) is 22.4. The third-order valence-corrected chi connectivity index (χ3v) is 6.05. The molecule has 0 aliphatic carbocycles. The molecule has 0 N–H and O–H groups in total. The van der Waals surface area contributed by atoms with E-state index in [2.05, 4.69) is 18.7 Å². The van der Waals surface area contributed by atoms with Crippen LogP contribution in [0.25, 0.3) is 0 Å². The molecular formula is C24H31ClN2O3. The van der Waals surface area contributed by atoms with Crippen LogP contribution in [-0.2, 0) is 6.61 Å². The molecule has 1 aliphatic rings. The van der Waals surface area contributed by atoms with Crippen LogP contribution in [0.5, 0.6) is 11.5 Å². The van der Waals surface area contributed by atoms with Gasteiger partial charge in [-0.15, -0.1) is 0 Å². The van der Waals surface area contributed by atoms with Crippen molar-refractivity contribution >= 4 is 17.5 Å². The number of ether oxygens (including phenoxy) is 2. The van der Waals surface area contributed by atoms with Gasteiger partial charge in [-0.25, -0.2) is 0 Å². The minimum atomic E-state index is 0.0514. The second kappa shape index (κ2) is 10.7. The second-order valence-electron chi connectivity index (χ2n) is 7.53. The molecule has 0 atom stereocenters. The van der Waals surface area contributed by atoms with Crippen molar-refractivity contribution in [2.45, 2.75) is 39.3 Å². The number of hydrogen-bond acceptors (Lipinski definition) is 4. The summed E-state index contributed by atoms with van der Waals surface area (Å²) in [5, 5.41) is 0.695. The lowest BCUT2D eigenvalue weighted by Crippen LogP contribution is -2.46. The highest BCUT2D eigenvalue weighted by atomic mass is 35.5. The van der Waals surface area contributed by atoms with Gasteiger partial charge in [0.25, 0.3) is 5.91 Å². The predicted molar refractivity (Wildman–Crippen MR) is 121 cm³/mol. The monoisotopic (exact) mass is 430 g/mol. The number of halogens is 1. The van der Waals surface area contributed by atoms with E-state index in [0.717, 1.165) is 44.6 Å². The van der Waals surface area contributed by atoms with Crippen molar-refractivity contribution in [3.63, 3.8) is 0 Å². The van der Waals surface area contributed by atoms with Gasteiger partial charge in [0.15, 0.2) is 11.5 Å². The molecule has 0 spiro atoms. The Balaban J connectivity index is 1.62. The molecule has 30 heavy (non-hydrogen) atoms. The Hall–Kier alpha value is -2.24. The fourth-order valence-corrected chi connectivity index (χ4v) is 4.14. The largest absolute Gasteiger partial charge is 0.493 e. The molecule has 1 fully saturated rings. The summed E-state index contributed by atoms with van der Waals surface area (Å²) in [7, 11) is 1.59. The van der Waals surface area contributed by atoms with Crippen molar-refractivity contribution < 1.29 is 14.3 Å². The summed E-state index contributed by atoms with van der Waals surface area (Å²) in [6.07, 6.45) is 2.04. The van der Waals surface area contributed by atoms with Crippen LogP contribution in [0.15, 0.2) is 42.5 Å². The van der Waals surface area contributed by atoms with Gasteiger partial charge in [-0.3, -0.25) is 4.79 Å². The van der Waals surface area contributed by atoms with Crippen LogP contribution >= 0.6 is 11.6 Å². The van der Waals surface area contributed by atoms with E-state index in [1.165, 1.54) is 0 Å². The van der Waals surface area contributed by atoms with E-state index < -0.39 is 0 Å². The first-order valence-electron chi connectivity index (χ1n) is 10.6. The zero-order chi connectivity index (χ0) is 21.5. The maximum Gasteiger partial charge on any atom is 0.253 e. The third kappa shape index (κ3) is 5.46. The molecule has 1 saturated heterocycles. The van der Waals surface area contributed by atoms with Crippen LogP contribution in [0.2, 0.25) is 5.02 Å². The lowest BCUT2D eigenvalue weighted by molar-refractivity contribution is 0.0631. The number of hydrogen-bond donors (Lipinski definition) is 0. The van der Waals surface area contributed by atoms with Crippen LogP contribution in [-0.4, -0.2) is 55.0 Å². The second-order valence-corrected chi connectivity index (χ2v) is 7.96. The summed E-state index contributed by atoms with van der Waals surface area (Å²) >= 11 is 5.93. The van der Waals surface area contributed by atoms with Gasteiger partial charge >= 0.3 is 0 Å². The molecular weight excluding hydrogens is 400 g/mol. The summed E-state index contributed by atoms with van der Waals surface area (Å²) in [5.74, 6) is 1.23. The van der Waals surface area contributed by atoms with Crippen molar-refractivity contribution in [3.05, 3.63) is 58.6 Å². The van der Waals surface area contributed by atoms with Crippen LogP contribution in [0.3, 0.4) is 0 Å². The molecule has 2 aromatic rings. The van der Waals surface area contributed by atoms with Gasteiger partial charge in [0, 0.05) is 29.7 Å². The van der Waals surface area contributed by atoms with Gasteiger partial charge in [-0.1, -0.05) is 37.6 Å². The van der Waals surface area contributed by atoms with Crippen LogP contribution in [0.4, 0.5) is 0 Å². The number of nitrogens with zero attached hydrogens (tertiary/aromatic N) is 2. The normalized spacial score (nSPS) is 14.8. The molecule has 0 unspecified atom stereocenters. The van der Waals surface area contributed by atoms with E-state index in [4.69, 9.17) is 21.1 Å². The topological polar surface area (TPSA) is 42.0 Å². The molecule has 0 aromatic heterocycles. The zero-order valence-electron chi connectivity index (χ0n) is 18.1. The SMILES string of the molecule is CCN(CC)C1CCN(C(=O)c2ccc(OCc3ccc(Cl)cc3)c(OC)c2)CC1. The van der Waals surface area contributed by atoms with Gasteiger partial charge in [0.05, 0.1) is 7.11 Å². The van der Waals surface area contributed by atoms with Gasteiger partial charge in [-0.05, 0) is 61.8 Å². The Morgan fingerprint density at radius 2 is 1.73 bits per heavy atom. The van der Waals surface area contributed by atoms with Crippen LogP contribution in [0, 0.1) is 0 Å².